The van der Waals surface area contributed by atoms with E-state index in [1.807, 2.05) is 0 Å². The molecule has 0 aliphatic heterocycles. The van der Waals surface area contributed by atoms with E-state index in [1.54, 1.807) is 42.6 Å². The number of halogens is 3. The van der Waals surface area contributed by atoms with E-state index in [1.165, 1.54) is 10.7 Å². The molecule has 0 unspecified atom stereocenters. The normalized spacial score (nSPS) is 12.1. The number of carbonyl (C=O) groups excluding carboxylic acids is 1. The third-order valence-corrected chi connectivity index (χ3v) is 2.71. The molecule has 2 rings (SSSR count). The average molecular weight is 326 g/mol. The molecule has 0 saturated heterocycles. The fourth-order valence-electron chi connectivity index (χ4n) is 1.75. The quantitative estimate of drug-likeness (QED) is 0.681. The summed E-state index contributed by atoms with van der Waals surface area (Å²) in [6, 6.07) is 9.92. The van der Waals surface area contributed by atoms with E-state index >= 15 is 0 Å². The number of rotatable bonds is 2. The van der Waals surface area contributed by atoms with Gasteiger partial charge in [-0.25, -0.2) is 14.5 Å². The number of amidine groups is 1. The largest absolute Gasteiger partial charge is 0.453 e. The third-order valence-electron chi connectivity index (χ3n) is 2.71. The highest BCUT2D eigenvalue weighted by Crippen LogP contribution is 2.24. The van der Waals surface area contributed by atoms with E-state index in [4.69, 9.17) is 0 Å². The molecule has 23 heavy (non-hydrogen) atoms. The van der Waals surface area contributed by atoms with Crippen molar-refractivity contribution in [2.45, 2.75) is 13.1 Å². The van der Waals surface area contributed by atoms with Crippen LogP contribution in [0.2, 0.25) is 0 Å². The Hall–Kier alpha value is -2.84. The molecule has 0 saturated carbocycles. The lowest BCUT2D eigenvalue weighted by molar-refractivity contribution is -0.0616. The molecule has 0 bridgehead atoms. The Bertz CT molecular complexity index is 723. The number of hydrogen-bond donors (Lipinski definition) is 1. The van der Waals surface area contributed by atoms with Crippen LogP contribution in [-0.2, 0) is 4.74 Å². The number of carbonyl (C=O) groups is 1. The number of nitrogens with zero attached hydrogens (tertiary/aromatic N) is 3. The molecule has 0 radical (unpaired) electrons. The molecule has 1 aromatic carbocycles. The molecule has 9 heteroatoms. The Kier molecular flexibility index (Phi) is 4.68. The number of aryl methyl sites for hydroxylation is 1. The number of ether oxygens (including phenoxy) is 1. The third kappa shape index (κ3) is 4.09. The lowest BCUT2D eigenvalue weighted by Crippen LogP contribution is -2.40. The molecule has 0 atom stereocenters. The van der Waals surface area contributed by atoms with E-state index in [0.717, 1.165) is 7.11 Å². The van der Waals surface area contributed by atoms with Gasteiger partial charge in [0.05, 0.1) is 18.5 Å². The summed E-state index contributed by atoms with van der Waals surface area (Å²) < 4.78 is 44.5. The van der Waals surface area contributed by atoms with Crippen molar-refractivity contribution < 1.29 is 22.7 Å². The zero-order valence-corrected chi connectivity index (χ0v) is 12.3. The van der Waals surface area contributed by atoms with Gasteiger partial charge in [0.1, 0.15) is 0 Å². The molecule has 2 aromatic rings. The van der Waals surface area contributed by atoms with Gasteiger partial charge in [-0.05, 0) is 19.1 Å². The molecule has 1 heterocycles. The van der Waals surface area contributed by atoms with Crippen molar-refractivity contribution in [3.05, 3.63) is 42.1 Å². The first-order chi connectivity index (χ1) is 10.8. The number of alkyl halides is 3. The molecule has 1 amide bonds. The van der Waals surface area contributed by atoms with Crippen LogP contribution >= 0.6 is 0 Å². The van der Waals surface area contributed by atoms with Gasteiger partial charge in [0.25, 0.3) is 0 Å². The van der Waals surface area contributed by atoms with Gasteiger partial charge in [-0.3, -0.25) is 5.32 Å². The van der Waals surface area contributed by atoms with Gasteiger partial charge in [0.2, 0.25) is 5.84 Å². The van der Waals surface area contributed by atoms with Crippen LogP contribution in [0.25, 0.3) is 5.69 Å². The second-order valence-corrected chi connectivity index (χ2v) is 4.47. The van der Waals surface area contributed by atoms with Gasteiger partial charge in [-0.15, -0.1) is 0 Å². The standard InChI is InChI=1S/C14H13F3N4O2/c1-9-8-11(21(20-9)10-6-4-3-5-7-10)18-12(14(15,16)17)19-13(22)23-2/h3-8H,1-2H3,(H,18,19,22). The second kappa shape index (κ2) is 6.51. The number of alkyl carbamates (subject to hydrolysis) is 1. The highest BCUT2D eigenvalue weighted by molar-refractivity contribution is 5.99. The molecule has 0 fully saturated rings. The van der Waals surface area contributed by atoms with Gasteiger partial charge in [-0.2, -0.15) is 18.3 Å². The zero-order valence-electron chi connectivity index (χ0n) is 12.3. The van der Waals surface area contributed by atoms with Crippen LogP contribution < -0.4 is 5.32 Å². The van der Waals surface area contributed by atoms with Crippen molar-refractivity contribution >= 4 is 17.7 Å². The molecule has 1 aromatic heterocycles. The van der Waals surface area contributed by atoms with Crippen LogP contribution in [-0.4, -0.2) is 35.0 Å². The summed E-state index contributed by atoms with van der Waals surface area (Å²) in [5.41, 5.74) is 1.02. The second-order valence-electron chi connectivity index (χ2n) is 4.47. The van der Waals surface area contributed by atoms with Gasteiger partial charge in [0.15, 0.2) is 5.82 Å². The van der Waals surface area contributed by atoms with E-state index in [-0.39, 0.29) is 5.82 Å². The first-order valence-electron chi connectivity index (χ1n) is 6.44. The van der Waals surface area contributed by atoms with E-state index < -0.39 is 18.1 Å². The van der Waals surface area contributed by atoms with Crippen LogP contribution in [0, 0.1) is 6.92 Å². The minimum atomic E-state index is -4.85. The minimum absolute atomic E-state index is 0.0718. The van der Waals surface area contributed by atoms with Gasteiger partial charge >= 0.3 is 12.3 Å². The van der Waals surface area contributed by atoms with E-state index in [9.17, 15) is 18.0 Å². The molecule has 1 N–H and O–H groups in total. The maximum atomic E-state index is 13.0. The predicted octanol–water partition coefficient (Wildman–Crippen LogP) is 3.13. The SMILES string of the molecule is COC(=O)N/C(=N\c1cc(C)nn1-c1ccccc1)C(F)(F)F. The van der Waals surface area contributed by atoms with Crippen molar-refractivity contribution in [2.75, 3.05) is 7.11 Å². The monoisotopic (exact) mass is 326 g/mol. The molecule has 0 spiro atoms. The predicted molar refractivity (Wildman–Crippen MR) is 77.0 cm³/mol. The first kappa shape index (κ1) is 16.5. The Labute approximate surface area is 129 Å². The van der Waals surface area contributed by atoms with Crippen LogP contribution in [0.1, 0.15) is 5.69 Å². The molecule has 6 nitrogen and oxygen atoms in total. The number of nitrogens with one attached hydrogen (secondary N) is 1. The van der Waals surface area contributed by atoms with Crippen LogP contribution in [0.4, 0.5) is 23.8 Å². The Morgan fingerprint density at radius 3 is 2.52 bits per heavy atom. The summed E-state index contributed by atoms with van der Waals surface area (Å²) >= 11 is 0. The number of amides is 1. The topological polar surface area (TPSA) is 68.5 Å². The molecular formula is C14H13F3N4O2. The fourth-order valence-corrected chi connectivity index (χ4v) is 1.75. The summed E-state index contributed by atoms with van der Waals surface area (Å²) in [7, 11) is 0.960. The fraction of sp³-hybridized carbons (Fsp3) is 0.214. The number of aliphatic imine (C=N–C) groups is 1. The van der Waals surface area contributed by atoms with Crippen molar-refractivity contribution in [1.29, 1.82) is 0 Å². The summed E-state index contributed by atoms with van der Waals surface area (Å²) in [6.45, 7) is 1.62. The maximum Gasteiger partial charge on any atom is 0.449 e. The summed E-state index contributed by atoms with van der Waals surface area (Å²) in [5.74, 6) is -1.56. The van der Waals surface area contributed by atoms with E-state index in [0.29, 0.717) is 11.4 Å². The Morgan fingerprint density at radius 1 is 1.30 bits per heavy atom. The molecule has 0 aliphatic rings. The van der Waals surface area contributed by atoms with Crippen molar-refractivity contribution in [1.82, 2.24) is 15.1 Å². The number of para-hydroxylation sites is 1. The first-order valence-corrected chi connectivity index (χ1v) is 6.44. The molecule has 0 aliphatic carbocycles. The summed E-state index contributed by atoms with van der Waals surface area (Å²) in [4.78, 5) is 14.6. The molecule has 122 valence electrons. The lowest BCUT2D eigenvalue weighted by atomic mass is 10.3. The number of aromatic nitrogens is 2. The van der Waals surface area contributed by atoms with Crippen LogP contribution in [0.15, 0.2) is 41.4 Å². The Balaban J connectivity index is 2.49. The Morgan fingerprint density at radius 2 is 1.96 bits per heavy atom. The lowest BCUT2D eigenvalue weighted by Gasteiger charge is -2.11. The van der Waals surface area contributed by atoms with Crippen LogP contribution in [0.3, 0.4) is 0 Å². The maximum absolute atomic E-state index is 13.0. The average Bonchev–Trinajstić information content (AvgIpc) is 2.87. The van der Waals surface area contributed by atoms with Crippen molar-refractivity contribution in [2.24, 2.45) is 4.99 Å². The number of methoxy groups -OCH3 is 1. The van der Waals surface area contributed by atoms with Crippen molar-refractivity contribution in [3.8, 4) is 5.69 Å². The summed E-state index contributed by atoms with van der Waals surface area (Å²) in [6.07, 6.45) is -6.11. The van der Waals surface area contributed by atoms with Gasteiger partial charge < -0.3 is 4.74 Å². The van der Waals surface area contributed by atoms with Crippen LogP contribution in [0.5, 0.6) is 0 Å². The number of benzene rings is 1. The highest BCUT2D eigenvalue weighted by Gasteiger charge is 2.38. The van der Waals surface area contributed by atoms with Gasteiger partial charge in [0, 0.05) is 6.07 Å². The smallest absolute Gasteiger partial charge is 0.449 e. The highest BCUT2D eigenvalue weighted by atomic mass is 19.4. The molecular weight excluding hydrogens is 313 g/mol. The summed E-state index contributed by atoms with van der Waals surface area (Å²) in [5, 5.41) is 5.68. The number of hydrogen-bond acceptors (Lipinski definition) is 4. The minimum Gasteiger partial charge on any atom is -0.453 e. The zero-order chi connectivity index (χ0) is 17.0. The van der Waals surface area contributed by atoms with Gasteiger partial charge in [-0.1, -0.05) is 18.2 Å². The van der Waals surface area contributed by atoms with Crippen molar-refractivity contribution in [3.63, 3.8) is 0 Å². The van der Waals surface area contributed by atoms with E-state index in [2.05, 4.69) is 14.8 Å².